The van der Waals surface area contributed by atoms with Gasteiger partial charge in [0.25, 0.3) is 0 Å². The van der Waals surface area contributed by atoms with Crippen molar-refractivity contribution < 1.29 is 9.13 Å². The Balaban J connectivity index is 3.01. The number of hydrogen-bond acceptors (Lipinski definition) is 1. The SMILES string of the molecule is C#CCCCCOCC(F)C=C. The molecule has 0 rings (SSSR count). The average Bonchev–Trinajstić information content (AvgIpc) is 2.10. The largest absolute Gasteiger partial charge is 0.378 e. The van der Waals surface area contributed by atoms with Gasteiger partial charge in [-0.2, -0.15) is 0 Å². The highest BCUT2D eigenvalue weighted by molar-refractivity contribution is 4.82. The topological polar surface area (TPSA) is 9.23 Å². The van der Waals surface area contributed by atoms with E-state index in [0.29, 0.717) is 6.61 Å². The zero-order valence-electron chi connectivity index (χ0n) is 7.26. The number of alkyl halides is 1. The highest BCUT2D eigenvalue weighted by atomic mass is 19.1. The van der Waals surface area contributed by atoms with Gasteiger partial charge in [0.2, 0.25) is 0 Å². The van der Waals surface area contributed by atoms with E-state index in [4.69, 9.17) is 11.2 Å². The minimum absolute atomic E-state index is 0.111. The summed E-state index contributed by atoms with van der Waals surface area (Å²) in [5, 5.41) is 0. The summed E-state index contributed by atoms with van der Waals surface area (Å²) in [6.07, 6.45) is 7.85. The Kier molecular flexibility index (Phi) is 7.73. The Hall–Kier alpha value is -0.810. The lowest BCUT2D eigenvalue weighted by molar-refractivity contribution is 0.0945. The van der Waals surface area contributed by atoms with E-state index >= 15 is 0 Å². The molecule has 1 unspecified atom stereocenters. The zero-order chi connectivity index (χ0) is 9.23. The maximum atomic E-state index is 12.4. The zero-order valence-corrected chi connectivity index (χ0v) is 7.26. The molecule has 0 aliphatic carbocycles. The lowest BCUT2D eigenvalue weighted by atomic mass is 10.2. The second-order valence-electron chi connectivity index (χ2n) is 2.49. The summed E-state index contributed by atoms with van der Waals surface area (Å²) in [6.45, 7) is 4.00. The van der Waals surface area contributed by atoms with Gasteiger partial charge in [-0.25, -0.2) is 4.39 Å². The molecule has 0 aliphatic rings. The molecular weight excluding hydrogens is 155 g/mol. The normalized spacial score (nSPS) is 12.0. The van der Waals surface area contributed by atoms with Crippen molar-refractivity contribution in [1.29, 1.82) is 0 Å². The van der Waals surface area contributed by atoms with Crippen LogP contribution in [0.4, 0.5) is 4.39 Å². The van der Waals surface area contributed by atoms with Crippen molar-refractivity contribution in [3.63, 3.8) is 0 Å². The molecule has 0 amide bonds. The van der Waals surface area contributed by atoms with Crippen molar-refractivity contribution in [2.24, 2.45) is 0 Å². The Labute approximate surface area is 73.6 Å². The number of ether oxygens (including phenoxy) is 1. The molecule has 1 atom stereocenters. The van der Waals surface area contributed by atoms with E-state index in [1.165, 1.54) is 6.08 Å². The van der Waals surface area contributed by atoms with Crippen LogP contribution in [0, 0.1) is 12.3 Å². The second kappa shape index (κ2) is 8.29. The molecule has 0 aliphatic heterocycles. The monoisotopic (exact) mass is 170 g/mol. The quantitative estimate of drug-likeness (QED) is 0.324. The molecule has 0 aromatic carbocycles. The van der Waals surface area contributed by atoms with Crippen LogP contribution < -0.4 is 0 Å². The summed E-state index contributed by atoms with van der Waals surface area (Å²) >= 11 is 0. The fourth-order valence-corrected chi connectivity index (χ4v) is 0.695. The molecule has 0 spiro atoms. The summed E-state index contributed by atoms with van der Waals surface area (Å²) in [7, 11) is 0. The lowest BCUT2D eigenvalue weighted by Gasteiger charge is -2.03. The van der Waals surface area contributed by atoms with E-state index in [9.17, 15) is 4.39 Å². The number of terminal acetylenes is 1. The van der Waals surface area contributed by atoms with Crippen LogP contribution >= 0.6 is 0 Å². The van der Waals surface area contributed by atoms with Crippen molar-refractivity contribution >= 4 is 0 Å². The molecular formula is C10H15FO. The van der Waals surface area contributed by atoms with Gasteiger partial charge in [0.15, 0.2) is 0 Å². The van der Waals surface area contributed by atoms with Gasteiger partial charge in [0.05, 0.1) is 6.61 Å². The van der Waals surface area contributed by atoms with E-state index in [0.717, 1.165) is 19.3 Å². The third kappa shape index (κ3) is 7.30. The first-order valence-corrected chi connectivity index (χ1v) is 4.09. The van der Waals surface area contributed by atoms with E-state index in [1.54, 1.807) is 0 Å². The third-order valence-corrected chi connectivity index (χ3v) is 1.39. The molecule has 2 heteroatoms. The summed E-state index contributed by atoms with van der Waals surface area (Å²) in [4.78, 5) is 0. The van der Waals surface area contributed by atoms with E-state index in [1.807, 2.05) is 0 Å². The summed E-state index contributed by atoms with van der Waals surface area (Å²) in [5.74, 6) is 2.53. The number of halogens is 1. The number of hydrogen-bond donors (Lipinski definition) is 0. The van der Waals surface area contributed by atoms with Crippen LogP contribution in [0.1, 0.15) is 19.3 Å². The summed E-state index contributed by atoms with van der Waals surface area (Å²) < 4.78 is 17.5. The van der Waals surface area contributed by atoms with E-state index in [2.05, 4.69) is 12.5 Å². The molecule has 0 saturated heterocycles. The standard InChI is InChI=1S/C10H15FO/c1-3-5-6-7-8-12-9-10(11)4-2/h1,4,10H,2,5-9H2. The molecule has 12 heavy (non-hydrogen) atoms. The smallest absolute Gasteiger partial charge is 0.141 e. The molecule has 0 aromatic heterocycles. The Morgan fingerprint density at radius 2 is 2.33 bits per heavy atom. The van der Waals surface area contributed by atoms with Crippen molar-refractivity contribution in [2.75, 3.05) is 13.2 Å². The molecule has 0 N–H and O–H groups in total. The van der Waals surface area contributed by atoms with Gasteiger partial charge in [0.1, 0.15) is 6.17 Å². The Bertz CT molecular complexity index is 148. The van der Waals surface area contributed by atoms with Crippen molar-refractivity contribution in [2.45, 2.75) is 25.4 Å². The maximum absolute atomic E-state index is 12.4. The van der Waals surface area contributed by atoms with Gasteiger partial charge < -0.3 is 4.74 Å². The molecule has 1 nitrogen and oxygen atoms in total. The fourth-order valence-electron chi connectivity index (χ4n) is 0.695. The van der Waals surface area contributed by atoms with Crippen LogP contribution in [0.25, 0.3) is 0 Å². The third-order valence-electron chi connectivity index (χ3n) is 1.39. The minimum Gasteiger partial charge on any atom is -0.378 e. The van der Waals surface area contributed by atoms with Crippen LogP contribution in [-0.2, 0) is 4.74 Å². The Morgan fingerprint density at radius 1 is 1.58 bits per heavy atom. The van der Waals surface area contributed by atoms with E-state index in [-0.39, 0.29) is 6.61 Å². The molecule has 0 fully saturated rings. The second-order valence-corrected chi connectivity index (χ2v) is 2.49. The van der Waals surface area contributed by atoms with Crippen molar-refractivity contribution in [3.8, 4) is 12.3 Å². The van der Waals surface area contributed by atoms with E-state index < -0.39 is 6.17 Å². The van der Waals surface area contributed by atoms with Crippen LogP contribution in [0.15, 0.2) is 12.7 Å². The molecule has 0 radical (unpaired) electrons. The van der Waals surface area contributed by atoms with Gasteiger partial charge >= 0.3 is 0 Å². The van der Waals surface area contributed by atoms with Gasteiger partial charge in [-0.05, 0) is 12.8 Å². The Morgan fingerprint density at radius 3 is 2.92 bits per heavy atom. The van der Waals surface area contributed by atoms with Gasteiger partial charge in [-0.3, -0.25) is 0 Å². The van der Waals surface area contributed by atoms with Crippen molar-refractivity contribution in [1.82, 2.24) is 0 Å². The molecule has 0 heterocycles. The van der Waals surface area contributed by atoms with Gasteiger partial charge in [-0.1, -0.05) is 6.08 Å². The molecule has 0 aromatic rings. The first kappa shape index (κ1) is 11.2. The highest BCUT2D eigenvalue weighted by Crippen LogP contribution is 1.97. The molecule has 0 saturated carbocycles. The number of unbranched alkanes of at least 4 members (excludes halogenated alkanes) is 2. The predicted octanol–water partition coefficient (Wildman–Crippen LogP) is 2.33. The lowest BCUT2D eigenvalue weighted by Crippen LogP contribution is -2.07. The van der Waals surface area contributed by atoms with Crippen LogP contribution in [0.5, 0.6) is 0 Å². The predicted molar refractivity (Wildman–Crippen MR) is 48.6 cm³/mol. The average molecular weight is 170 g/mol. The van der Waals surface area contributed by atoms with Crippen LogP contribution in [0.3, 0.4) is 0 Å². The molecule has 68 valence electrons. The van der Waals surface area contributed by atoms with Gasteiger partial charge in [-0.15, -0.1) is 18.9 Å². The summed E-state index contributed by atoms with van der Waals surface area (Å²) in [6, 6.07) is 0. The fraction of sp³-hybridized carbons (Fsp3) is 0.600. The molecule has 0 bridgehead atoms. The maximum Gasteiger partial charge on any atom is 0.141 e. The van der Waals surface area contributed by atoms with Crippen LogP contribution in [-0.4, -0.2) is 19.4 Å². The van der Waals surface area contributed by atoms with Gasteiger partial charge in [0, 0.05) is 13.0 Å². The minimum atomic E-state index is -1.04. The van der Waals surface area contributed by atoms with Crippen LogP contribution in [0.2, 0.25) is 0 Å². The first-order valence-electron chi connectivity index (χ1n) is 4.09. The first-order chi connectivity index (χ1) is 5.81. The number of rotatable bonds is 7. The highest BCUT2D eigenvalue weighted by Gasteiger charge is 1.98. The summed E-state index contributed by atoms with van der Waals surface area (Å²) in [5.41, 5.74) is 0. The van der Waals surface area contributed by atoms with Crippen molar-refractivity contribution in [3.05, 3.63) is 12.7 Å².